The monoisotopic (exact) mass is 1360 g/mol. The zero-order valence-corrected chi connectivity index (χ0v) is 48.3. The second-order valence-electron chi connectivity index (χ2n) is 22.8. The molecule has 0 unspecified atom stereocenters. The first-order chi connectivity index (χ1) is 44.4. The zero-order chi connectivity index (χ0) is 69.7. The van der Waals surface area contributed by atoms with Gasteiger partial charge < -0.3 is 9.13 Å². The summed E-state index contributed by atoms with van der Waals surface area (Å²) in [5, 5.41) is -0.307. The van der Waals surface area contributed by atoms with Crippen LogP contribution in [0.4, 0.5) is 105 Å². The van der Waals surface area contributed by atoms with E-state index in [2.05, 4.69) is 0 Å². The number of hydrogen-bond donors (Lipinski definition) is 0. The van der Waals surface area contributed by atoms with Gasteiger partial charge in [-0.25, -0.2) is 0 Å². The summed E-state index contributed by atoms with van der Waals surface area (Å²) >= 11 is 0. The molecular weight excluding hydrogens is 1320 g/mol. The molecule has 0 aliphatic carbocycles. The van der Waals surface area contributed by atoms with Gasteiger partial charge in [0.25, 0.3) is 0 Å². The quantitative estimate of drug-likeness (QED) is 0.141. The normalized spacial score (nSPS) is 13.3. The third-order valence-electron chi connectivity index (χ3n) is 16.2. The van der Waals surface area contributed by atoms with Crippen LogP contribution < -0.4 is 0 Å². The SMILES string of the molecule is Cc1cc(-c2ccc3c4ccc(-c5cc(C)cc(C(F)(F)F)c5)cc4n(-c4cc(C(F)(F)F)cc(-n5c6cc(-c7cc(C(F)(F)F)cc(C(F)(F)F)c7)ccc6c6ccc(-c7cc(C(F)(F)F)cc(C(F)(F)F)c7)cc65)c4-c4cccc(C(F)(F)F)c4)c3c2)cc(C(F)(F)F)c1. The number of halogens is 24. The van der Waals surface area contributed by atoms with E-state index in [0.29, 0.717) is 24.3 Å². The number of nitrogens with zero attached hydrogens (tertiary/aromatic N) is 2. The Kier molecular flexibility index (Phi) is 15.4. The largest absolute Gasteiger partial charge is 0.416 e. The Morgan fingerprint density at radius 3 is 0.719 bits per heavy atom. The third kappa shape index (κ3) is 12.4. The van der Waals surface area contributed by atoms with E-state index < -0.39 is 150 Å². The number of hydrogen-bond acceptors (Lipinski definition) is 0. The molecule has 0 N–H and O–H groups in total. The smallest absolute Gasteiger partial charge is 0.308 e. The van der Waals surface area contributed by atoms with Crippen molar-refractivity contribution in [1.29, 1.82) is 0 Å². The van der Waals surface area contributed by atoms with Gasteiger partial charge >= 0.3 is 49.4 Å². The summed E-state index contributed by atoms with van der Waals surface area (Å²) in [6.07, 6.45) is -42.7. The summed E-state index contributed by atoms with van der Waals surface area (Å²) in [5.74, 6) is 0. The molecule has 0 spiro atoms. The van der Waals surface area contributed by atoms with Crippen LogP contribution >= 0.6 is 0 Å². The van der Waals surface area contributed by atoms with Crippen LogP contribution in [-0.2, 0) is 49.4 Å². The minimum atomic E-state index is -5.59. The van der Waals surface area contributed by atoms with Crippen LogP contribution in [0.1, 0.15) is 55.6 Å². The molecule has 0 saturated carbocycles. The van der Waals surface area contributed by atoms with Crippen molar-refractivity contribution in [2.24, 2.45) is 0 Å². The zero-order valence-electron chi connectivity index (χ0n) is 48.3. The summed E-state index contributed by atoms with van der Waals surface area (Å²) in [7, 11) is 0. The second-order valence-corrected chi connectivity index (χ2v) is 22.8. The molecule has 0 atom stereocenters. The molecule has 494 valence electrons. The predicted octanol–water partition coefficient (Wildman–Crippen LogP) is 25.0. The predicted molar refractivity (Wildman–Crippen MR) is 312 cm³/mol. The Labute approximate surface area is 524 Å². The molecule has 2 heterocycles. The summed E-state index contributed by atoms with van der Waals surface area (Å²) in [6.45, 7) is 2.63. The van der Waals surface area contributed by atoms with E-state index in [1.807, 2.05) is 0 Å². The van der Waals surface area contributed by atoms with E-state index in [9.17, 15) is 79.0 Å². The summed E-state index contributed by atoms with van der Waals surface area (Å²) in [6, 6.07) is 23.6. The van der Waals surface area contributed by atoms with Crippen molar-refractivity contribution in [3.05, 3.63) is 238 Å². The first kappa shape index (κ1) is 66.2. The van der Waals surface area contributed by atoms with Crippen LogP contribution in [-0.4, -0.2) is 9.13 Å². The van der Waals surface area contributed by atoms with E-state index in [-0.39, 0.29) is 102 Å². The van der Waals surface area contributed by atoms with Crippen molar-refractivity contribution in [1.82, 2.24) is 9.13 Å². The highest BCUT2D eigenvalue weighted by atomic mass is 19.4. The van der Waals surface area contributed by atoms with E-state index in [1.54, 1.807) is 0 Å². The molecule has 0 bridgehead atoms. The van der Waals surface area contributed by atoms with Crippen LogP contribution in [0.2, 0.25) is 0 Å². The molecule has 12 aromatic rings. The minimum Gasteiger partial charge on any atom is -0.308 e. The second kappa shape index (κ2) is 22.4. The Morgan fingerprint density at radius 2 is 0.448 bits per heavy atom. The number of aryl methyl sites for hydroxylation is 2. The minimum absolute atomic E-state index is 0.0444. The lowest BCUT2D eigenvalue weighted by Gasteiger charge is -2.23. The molecule has 26 heteroatoms. The summed E-state index contributed by atoms with van der Waals surface area (Å²) < 4.78 is 357. The standard InChI is InChI=1S/C70H36F24N2/c1-33-14-40(19-45(16-33)64(74,75)76)35-6-10-52-53-11-7-36(41-15-34(2)17-46(20-41)65(77,78)79)26-57(53)95(56(52)25-35)60-31-51(70(92,93)94)32-61(62(60)39-4-3-5-44(18-39)63(71,72)73)96-58-27-37(42-21-47(66(80,81)82)29-48(22-42)67(83,84)85)8-12-54(58)55-13-9-38(28-59(55)96)43-23-49(68(86,87)88)30-50(24-43)69(89,90)91/h3-32H,1-2H3. The molecule has 0 aliphatic heterocycles. The van der Waals surface area contributed by atoms with E-state index >= 15 is 26.3 Å². The summed E-state index contributed by atoms with van der Waals surface area (Å²) in [5.41, 5.74) is -20.6. The fourth-order valence-corrected chi connectivity index (χ4v) is 12.0. The van der Waals surface area contributed by atoms with Crippen LogP contribution in [0.15, 0.2) is 182 Å². The van der Waals surface area contributed by atoms with Gasteiger partial charge in [0.2, 0.25) is 0 Å². The maximum Gasteiger partial charge on any atom is 0.416 e. The van der Waals surface area contributed by atoms with Crippen LogP contribution in [0.5, 0.6) is 0 Å². The van der Waals surface area contributed by atoms with Gasteiger partial charge in [-0.2, -0.15) is 105 Å². The molecule has 96 heavy (non-hydrogen) atoms. The molecule has 0 saturated heterocycles. The lowest BCUT2D eigenvalue weighted by atomic mass is 9.95. The highest BCUT2D eigenvalue weighted by Gasteiger charge is 2.41. The van der Waals surface area contributed by atoms with Crippen molar-refractivity contribution in [2.75, 3.05) is 0 Å². The van der Waals surface area contributed by atoms with Crippen LogP contribution in [0, 0.1) is 13.8 Å². The van der Waals surface area contributed by atoms with E-state index in [1.165, 1.54) is 62.4 Å². The maximum atomic E-state index is 16.3. The van der Waals surface area contributed by atoms with Crippen molar-refractivity contribution >= 4 is 43.6 Å². The average molecular weight is 1360 g/mol. The lowest BCUT2D eigenvalue weighted by Crippen LogP contribution is -2.12. The highest BCUT2D eigenvalue weighted by Crippen LogP contribution is 2.50. The molecule has 0 aliphatic rings. The van der Waals surface area contributed by atoms with Gasteiger partial charge in [0.05, 0.1) is 77.9 Å². The highest BCUT2D eigenvalue weighted by molar-refractivity contribution is 6.14. The Morgan fingerprint density at radius 1 is 0.208 bits per heavy atom. The van der Waals surface area contributed by atoms with Crippen LogP contribution in [0.25, 0.3) is 111 Å². The lowest BCUT2D eigenvalue weighted by molar-refractivity contribution is -0.144. The third-order valence-corrected chi connectivity index (χ3v) is 16.2. The molecule has 2 aromatic heterocycles. The first-order valence-electron chi connectivity index (χ1n) is 28.0. The van der Waals surface area contributed by atoms with Crippen molar-refractivity contribution in [3.8, 4) is 67.0 Å². The van der Waals surface area contributed by atoms with E-state index in [0.717, 1.165) is 81.9 Å². The number of alkyl halides is 24. The average Bonchev–Trinajstić information content (AvgIpc) is 1.52. The number of rotatable bonds is 7. The van der Waals surface area contributed by atoms with Gasteiger partial charge in [-0.3, -0.25) is 0 Å². The molecule has 0 radical (unpaired) electrons. The van der Waals surface area contributed by atoms with Gasteiger partial charge in [-0.05, 0) is 184 Å². The van der Waals surface area contributed by atoms with Crippen molar-refractivity contribution < 1.29 is 105 Å². The van der Waals surface area contributed by atoms with Crippen molar-refractivity contribution in [2.45, 2.75) is 63.3 Å². The molecule has 0 amide bonds. The first-order valence-corrected chi connectivity index (χ1v) is 28.0. The molecule has 0 fully saturated rings. The summed E-state index contributed by atoms with van der Waals surface area (Å²) in [4.78, 5) is 0. The van der Waals surface area contributed by atoms with Gasteiger partial charge in [0.1, 0.15) is 0 Å². The fourth-order valence-electron chi connectivity index (χ4n) is 12.0. The number of aromatic nitrogens is 2. The van der Waals surface area contributed by atoms with Crippen LogP contribution in [0.3, 0.4) is 0 Å². The number of benzene rings is 10. The van der Waals surface area contributed by atoms with Gasteiger partial charge in [-0.1, -0.05) is 72.8 Å². The molecule has 12 rings (SSSR count). The van der Waals surface area contributed by atoms with Gasteiger partial charge in [0, 0.05) is 27.1 Å². The van der Waals surface area contributed by atoms with Gasteiger partial charge in [0.15, 0.2) is 0 Å². The maximum absolute atomic E-state index is 16.3. The number of fused-ring (bicyclic) bond motifs is 6. The van der Waals surface area contributed by atoms with Gasteiger partial charge in [-0.15, -0.1) is 0 Å². The topological polar surface area (TPSA) is 9.86 Å². The van der Waals surface area contributed by atoms with Crippen molar-refractivity contribution in [3.63, 3.8) is 0 Å². The Balaban J connectivity index is 1.30. The molecular formula is C70H36F24N2. The molecule has 10 aromatic carbocycles. The Hall–Kier alpha value is -9.88. The Bertz CT molecular complexity index is 4820. The molecule has 2 nitrogen and oxygen atoms in total. The van der Waals surface area contributed by atoms with E-state index in [4.69, 9.17) is 0 Å². The fraction of sp³-hybridized carbons (Fsp3) is 0.143.